The van der Waals surface area contributed by atoms with Gasteiger partial charge in [-0.1, -0.05) is 47.1 Å². The van der Waals surface area contributed by atoms with Crippen molar-refractivity contribution >= 4 is 35.0 Å². The summed E-state index contributed by atoms with van der Waals surface area (Å²) in [4.78, 5) is 1.20. The third-order valence-corrected chi connectivity index (χ3v) is 4.46. The maximum absolute atomic E-state index is 14.0. The van der Waals surface area contributed by atoms with Gasteiger partial charge in [0, 0.05) is 16.0 Å². The van der Waals surface area contributed by atoms with Gasteiger partial charge in [-0.05, 0) is 36.8 Å². The number of hydrogen-bond acceptors (Lipinski definition) is 2. The van der Waals surface area contributed by atoms with E-state index >= 15 is 0 Å². The molecule has 0 aliphatic rings. The smallest absolute Gasteiger partial charge is 0.137 e. The minimum atomic E-state index is -0.309. The highest BCUT2D eigenvalue weighted by Gasteiger charge is 2.14. The first kappa shape index (κ1) is 14.7. The van der Waals surface area contributed by atoms with Gasteiger partial charge in [-0.25, -0.2) is 4.39 Å². The molecule has 19 heavy (non-hydrogen) atoms. The monoisotopic (exact) mass is 315 g/mol. The maximum atomic E-state index is 14.0. The number of rotatable bonds is 3. The van der Waals surface area contributed by atoms with Crippen LogP contribution in [-0.4, -0.2) is 0 Å². The first-order valence-electron chi connectivity index (χ1n) is 5.66. The van der Waals surface area contributed by atoms with E-state index in [1.54, 1.807) is 24.3 Å². The summed E-state index contributed by atoms with van der Waals surface area (Å²) in [5.74, 6) is -0.309. The van der Waals surface area contributed by atoms with E-state index in [-0.39, 0.29) is 11.9 Å². The van der Waals surface area contributed by atoms with E-state index in [1.807, 2.05) is 13.0 Å². The van der Waals surface area contributed by atoms with Crippen molar-refractivity contribution in [2.75, 3.05) is 0 Å². The number of hydrogen-bond donors (Lipinski definition) is 1. The summed E-state index contributed by atoms with van der Waals surface area (Å²) in [7, 11) is 0. The molecule has 1 atom stereocenters. The van der Waals surface area contributed by atoms with E-state index in [0.717, 1.165) is 5.56 Å². The van der Waals surface area contributed by atoms with Crippen molar-refractivity contribution in [1.29, 1.82) is 0 Å². The molecule has 0 spiro atoms. The summed E-state index contributed by atoms with van der Waals surface area (Å²) in [5.41, 5.74) is 6.62. The van der Waals surface area contributed by atoms with Gasteiger partial charge < -0.3 is 5.73 Å². The van der Waals surface area contributed by atoms with E-state index < -0.39 is 0 Å². The van der Waals surface area contributed by atoms with Crippen LogP contribution in [0.2, 0.25) is 10.0 Å². The molecule has 2 N–H and O–H groups in total. The summed E-state index contributed by atoms with van der Waals surface area (Å²) >= 11 is 13.3. The third kappa shape index (κ3) is 3.42. The molecular formula is C14H12Cl2FNS. The van der Waals surface area contributed by atoms with E-state index in [1.165, 1.54) is 17.8 Å². The van der Waals surface area contributed by atoms with Gasteiger partial charge in [0.05, 0.1) is 9.92 Å². The normalized spacial score (nSPS) is 12.5. The molecule has 2 aromatic rings. The summed E-state index contributed by atoms with van der Waals surface area (Å²) in [6.45, 7) is 1.82. The minimum Gasteiger partial charge on any atom is -0.324 e. The van der Waals surface area contributed by atoms with Gasteiger partial charge in [-0.15, -0.1) is 0 Å². The number of nitrogens with two attached hydrogens (primary N) is 1. The molecule has 2 rings (SSSR count). The molecular weight excluding hydrogens is 304 g/mol. The van der Waals surface area contributed by atoms with Gasteiger partial charge in [0.15, 0.2) is 0 Å². The Morgan fingerprint density at radius 2 is 1.95 bits per heavy atom. The highest BCUT2D eigenvalue weighted by atomic mass is 35.5. The zero-order chi connectivity index (χ0) is 14.0. The molecule has 0 bridgehead atoms. The lowest BCUT2D eigenvalue weighted by atomic mass is 10.1. The summed E-state index contributed by atoms with van der Waals surface area (Å²) < 4.78 is 14.0. The minimum absolute atomic E-state index is 0.254. The Kier molecular flexibility index (Phi) is 4.74. The molecule has 0 saturated carbocycles. The third-order valence-electron chi connectivity index (χ3n) is 2.59. The van der Waals surface area contributed by atoms with Crippen molar-refractivity contribution < 1.29 is 4.39 Å². The predicted molar refractivity (Wildman–Crippen MR) is 79.6 cm³/mol. The molecule has 0 amide bonds. The molecule has 0 aromatic heterocycles. The molecule has 0 aliphatic heterocycles. The zero-order valence-electron chi connectivity index (χ0n) is 10.2. The second-order valence-corrected chi connectivity index (χ2v) is 6.02. The van der Waals surface area contributed by atoms with E-state index in [0.29, 0.717) is 19.8 Å². The standard InChI is InChI=1S/C14H12Cl2FNS/c1-8(18)10-3-2-4-12(17)14(10)19-13-7-9(15)5-6-11(13)16/h2-8H,18H2,1H3/t8-/m0/s1. The molecule has 0 saturated heterocycles. The Morgan fingerprint density at radius 3 is 2.63 bits per heavy atom. The Labute approximate surface area is 125 Å². The van der Waals surface area contributed by atoms with Crippen LogP contribution in [0.5, 0.6) is 0 Å². The second kappa shape index (κ2) is 6.14. The molecule has 100 valence electrons. The van der Waals surface area contributed by atoms with Gasteiger partial charge in [-0.2, -0.15) is 0 Å². The molecule has 0 heterocycles. The SMILES string of the molecule is C[C@H](N)c1cccc(F)c1Sc1cc(Cl)ccc1Cl. The molecule has 0 radical (unpaired) electrons. The lowest BCUT2D eigenvalue weighted by Gasteiger charge is -2.13. The van der Waals surface area contributed by atoms with E-state index in [9.17, 15) is 4.39 Å². The van der Waals surface area contributed by atoms with Gasteiger partial charge in [0.1, 0.15) is 5.82 Å². The van der Waals surface area contributed by atoms with Gasteiger partial charge in [0.2, 0.25) is 0 Å². The van der Waals surface area contributed by atoms with E-state index in [2.05, 4.69) is 0 Å². The predicted octanol–water partition coefficient (Wildman–Crippen LogP) is 5.30. The average Bonchev–Trinajstić information content (AvgIpc) is 2.35. The van der Waals surface area contributed by atoms with Crippen LogP contribution in [-0.2, 0) is 0 Å². The van der Waals surface area contributed by atoms with Crippen LogP contribution in [0.1, 0.15) is 18.5 Å². The van der Waals surface area contributed by atoms with Crippen LogP contribution >= 0.6 is 35.0 Å². The fourth-order valence-corrected chi connectivity index (χ4v) is 3.24. The van der Waals surface area contributed by atoms with Crippen LogP contribution in [0.3, 0.4) is 0 Å². The van der Waals surface area contributed by atoms with Gasteiger partial charge in [0.25, 0.3) is 0 Å². The summed E-state index contributed by atoms with van der Waals surface area (Å²) in [6, 6.07) is 9.72. The molecule has 0 fully saturated rings. The lowest BCUT2D eigenvalue weighted by molar-refractivity contribution is 0.591. The molecule has 1 nitrogen and oxygen atoms in total. The van der Waals surface area contributed by atoms with Crippen LogP contribution in [0, 0.1) is 5.82 Å². The Bertz CT molecular complexity index is 602. The van der Waals surface area contributed by atoms with Crippen molar-refractivity contribution in [1.82, 2.24) is 0 Å². The fourth-order valence-electron chi connectivity index (χ4n) is 1.66. The zero-order valence-corrected chi connectivity index (χ0v) is 12.5. The molecule has 0 unspecified atom stereocenters. The summed E-state index contributed by atoms with van der Waals surface area (Å²) in [6.07, 6.45) is 0. The van der Waals surface area contributed by atoms with Crippen LogP contribution in [0.4, 0.5) is 4.39 Å². The topological polar surface area (TPSA) is 26.0 Å². The molecule has 2 aromatic carbocycles. The van der Waals surface area contributed by atoms with Crippen molar-refractivity contribution in [2.24, 2.45) is 5.73 Å². The van der Waals surface area contributed by atoms with Crippen molar-refractivity contribution in [3.05, 3.63) is 57.8 Å². The maximum Gasteiger partial charge on any atom is 0.137 e. The average molecular weight is 316 g/mol. The van der Waals surface area contributed by atoms with Crippen LogP contribution in [0.15, 0.2) is 46.2 Å². The Hall–Kier alpha value is -0.740. The fraction of sp³-hybridized carbons (Fsp3) is 0.143. The number of benzene rings is 2. The van der Waals surface area contributed by atoms with Crippen molar-refractivity contribution in [3.8, 4) is 0 Å². The van der Waals surface area contributed by atoms with Crippen molar-refractivity contribution in [2.45, 2.75) is 22.8 Å². The Balaban J connectivity index is 2.46. The largest absolute Gasteiger partial charge is 0.324 e. The van der Waals surface area contributed by atoms with Crippen LogP contribution < -0.4 is 5.73 Å². The highest BCUT2D eigenvalue weighted by molar-refractivity contribution is 7.99. The number of halogens is 3. The Morgan fingerprint density at radius 1 is 1.21 bits per heavy atom. The first-order chi connectivity index (χ1) is 8.99. The molecule has 0 aliphatic carbocycles. The van der Waals surface area contributed by atoms with Gasteiger partial charge >= 0.3 is 0 Å². The van der Waals surface area contributed by atoms with Gasteiger partial charge in [-0.3, -0.25) is 0 Å². The quantitative estimate of drug-likeness (QED) is 0.831. The highest BCUT2D eigenvalue weighted by Crippen LogP contribution is 2.39. The molecule has 5 heteroatoms. The van der Waals surface area contributed by atoms with Crippen molar-refractivity contribution in [3.63, 3.8) is 0 Å². The van der Waals surface area contributed by atoms with E-state index in [4.69, 9.17) is 28.9 Å². The van der Waals surface area contributed by atoms with Crippen LogP contribution in [0.25, 0.3) is 0 Å². The second-order valence-electron chi connectivity index (χ2n) is 4.12. The summed E-state index contributed by atoms with van der Waals surface area (Å²) in [5, 5.41) is 1.10. The first-order valence-corrected chi connectivity index (χ1v) is 7.23. The lowest BCUT2D eigenvalue weighted by Crippen LogP contribution is -2.07.